The number of nitrogens with one attached hydrogen (secondary N) is 1. The number of hydrogen-bond acceptors (Lipinski definition) is 4. The molecule has 1 unspecified atom stereocenters. The van der Waals surface area contributed by atoms with Crippen molar-refractivity contribution < 1.29 is 0 Å². The molecule has 2 rings (SSSR count). The Morgan fingerprint density at radius 2 is 2.06 bits per heavy atom. The average molecular weight is 239 g/mol. The van der Waals surface area contributed by atoms with Crippen molar-refractivity contribution in [3.8, 4) is 0 Å². The molecular formula is C12H21N3S. The molecule has 0 amide bonds. The van der Waals surface area contributed by atoms with Gasteiger partial charge in [0.2, 0.25) is 0 Å². The zero-order valence-electron chi connectivity index (χ0n) is 10.2. The van der Waals surface area contributed by atoms with Crippen molar-refractivity contribution >= 4 is 11.3 Å². The van der Waals surface area contributed by atoms with Crippen molar-refractivity contribution in [2.75, 3.05) is 6.54 Å². The molecule has 0 radical (unpaired) electrons. The van der Waals surface area contributed by atoms with Crippen molar-refractivity contribution in [1.29, 1.82) is 0 Å². The van der Waals surface area contributed by atoms with E-state index >= 15 is 0 Å². The maximum Gasteiger partial charge on any atom is 0.134 e. The smallest absolute Gasteiger partial charge is 0.134 e. The van der Waals surface area contributed by atoms with Crippen LogP contribution in [0.4, 0.5) is 0 Å². The lowest BCUT2D eigenvalue weighted by Gasteiger charge is -2.18. The molecule has 1 atom stereocenters. The lowest BCUT2D eigenvalue weighted by atomic mass is 9.90. The van der Waals surface area contributed by atoms with Gasteiger partial charge in [-0.15, -0.1) is 10.2 Å². The summed E-state index contributed by atoms with van der Waals surface area (Å²) in [6.07, 6.45) is 6.75. The molecule has 1 fully saturated rings. The summed E-state index contributed by atoms with van der Waals surface area (Å²) >= 11 is 1.80. The fourth-order valence-electron chi connectivity index (χ4n) is 2.33. The van der Waals surface area contributed by atoms with Crippen LogP contribution in [-0.2, 0) is 0 Å². The summed E-state index contributed by atoms with van der Waals surface area (Å²) in [5.74, 6) is 0.689. The molecule has 16 heavy (non-hydrogen) atoms. The van der Waals surface area contributed by atoms with E-state index in [-0.39, 0.29) is 0 Å². The van der Waals surface area contributed by atoms with E-state index in [1.807, 2.05) is 0 Å². The van der Waals surface area contributed by atoms with E-state index in [4.69, 9.17) is 0 Å². The van der Waals surface area contributed by atoms with Crippen LogP contribution in [0.5, 0.6) is 0 Å². The Labute approximate surface area is 102 Å². The van der Waals surface area contributed by atoms with Gasteiger partial charge in [0.25, 0.3) is 0 Å². The molecule has 0 spiro atoms. The first-order valence-electron chi connectivity index (χ1n) is 6.38. The van der Waals surface area contributed by atoms with Gasteiger partial charge in [0.1, 0.15) is 10.0 Å². The molecule has 4 heteroatoms. The summed E-state index contributed by atoms with van der Waals surface area (Å²) < 4.78 is 0. The van der Waals surface area contributed by atoms with E-state index in [1.165, 1.54) is 37.1 Å². The SMILES string of the molecule is CCNC(C)c1nnc(C2CCCCC2)s1. The van der Waals surface area contributed by atoms with Gasteiger partial charge in [-0.05, 0) is 26.3 Å². The minimum absolute atomic E-state index is 0.347. The monoisotopic (exact) mass is 239 g/mol. The highest BCUT2D eigenvalue weighted by atomic mass is 32.1. The summed E-state index contributed by atoms with van der Waals surface area (Å²) in [6, 6.07) is 0.347. The zero-order valence-corrected chi connectivity index (χ0v) is 11.0. The Morgan fingerprint density at radius 3 is 2.75 bits per heavy atom. The third kappa shape index (κ3) is 2.80. The molecule has 90 valence electrons. The van der Waals surface area contributed by atoms with Gasteiger partial charge < -0.3 is 5.32 Å². The lowest BCUT2D eigenvalue weighted by molar-refractivity contribution is 0.440. The van der Waals surface area contributed by atoms with Gasteiger partial charge in [-0.25, -0.2) is 0 Å². The first kappa shape index (κ1) is 12.0. The van der Waals surface area contributed by atoms with Gasteiger partial charge in [-0.2, -0.15) is 0 Å². The van der Waals surface area contributed by atoms with Crippen molar-refractivity contribution in [1.82, 2.24) is 15.5 Å². The Bertz CT molecular complexity index is 318. The second-order valence-electron chi connectivity index (χ2n) is 4.59. The van der Waals surface area contributed by atoms with E-state index in [2.05, 4.69) is 29.4 Å². The molecule has 3 nitrogen and oxygen atoms in total. The van der Waals surface area contributed by atoms with E-state index in [9.17, 15) is 0 Å². The molecule has 1 aromatic heterocycles. The van der Waals surface area contributed by atoms with Crippen LogP contribution in [0.3, 0.4) is 0 Å². The summed E-state index contributed by atoms with van der Waals surface area (Å²) in [7, 11) is 0. The number of aromatic nitrogens is 2. The van der Waals surface area contributed by atoms with Crippen LogP contribution in [0.15, 0.2) is 0 Å². The fourth-order valence-corrected chi connectivity index (χ4v) is 3.37. The highest BCUT2D eigenvalue weighted by Gasteiger charge is 2.20. The number of nitrogens with zero attached hydrogens (tertiary/aromatic N) is 2. The van der Waals surface area contributed by atoms with Crippen LogP contribution in [0.25, 0.3) is 0 Å². The van der Waals surface area contributed by atoms with Gasteiger partial charge in [0, 0.05) is 5.92 Å². The van der Waals surface area contributed by atoms with E-state index < -0.39 is 0 Å². The Balaban J connectivity index is 2.00. The summed E-state index contributed by atoms with van der Waals surface area (Å²) in [4.78, 5) is 0. The molecular weight excluding hydrogens is 218 g/mol. The molecule has 0 saturated heterocycles. The van der Waals surface area contributed by atoms with Crippen LogP contribution in [0, 0.1) is 0 Å². The van der Waals surface area contributed by atoms with Gasteiger partial charge in [0.05, 0.1) is 6.04 Å². The van der Waals surface area contributed by atoms with Crippen molar-refractivity contribution in [3.05, 3.63) is 10.0 Å². The predicted octanol–water partition coefficient (Wildman–Crippen LogP) is 3.26. The molecule has 1 aliphatic carbocycles. The molecule has 0 aliphatic heterocycles. The number of rotatable bonds is 4. The van der Waals surface area contributed by atoms with Gasteiger partial charge >= 0.3 is 0 Å². The lowest BCUT2D eigenvalue weighted by Crippen LogP contribution is -2.17. The second-order valence-corrected chi connectivity index (χ2v) is 5.63. The van der Waals surface area contributed by atoms with Crippen LogP contribution < -0.4 is 5.32 Å². The maximum atomic E-state index is 4.37. The second kappa shape index (κ2) is 5.73. The normalized spacial score (nSPS) is 19.9. The Morgan fingerprint density at radius 1 is 1.31 bits per heavy atom. The maximum absolute atomic E-state index is 4.37. The van der Waals surface area contributed by atoms with Crippen molar-refractivity contribution in [2.45, 2.75) is 57.9 Å². The third-order valence-electron chi connectivity index (χ3n) is 3.29. The fraction of sp³-hybridized carbons (Fsp3) is 0.833. The average Bonchev–Trinajstić information content (AvgIpc) is 2.80. The summed E-state index contributed by atoms with van der Waals surface area (Å²) in [5.41, 5.74) is 0. The molecule has 1 saturated carbocycles. The van der Waals surface area contributed by atoms with Gasteiger partial charge in [-0.1, -0.05) is 37.5 Å². The minimum atomic E-state index is 0.347. The van der Waals surface area contributed by atoms with E-state index in [0.29, 0.717) is 12.0 Å². The summed E-state index contributed by atoms with van der Waals surface area (Å²) in [5, 5.41) is 14.5. The largest absolute Gasteiger partial charge is 0.308 e. The van der Waals surface area contributed by atoms with Crippen molar-refractivity contribution in [3.63, 3.8) is 0 Å². The van der Waals surface area contributed by atoms with Gasteiger partial charge in [0.15, 0.2) is 0 Å². The molecule has 1 heterocycles. The molecule has 1 aromatic rings. The predicted molar refractivity (Wildman–Crippen MR) is 67.8 cm³/mol. The topological polar surface area (TPSA) is 37.8 Å². The first-order valence-corrected chi connectivity index (χ1v) is 7.19. The molecule has 1 aliphatic rings. The summed E-state index contributed by atoms with van der Waals surface area (Å²) in [6.45, 7) is 5.27. The zero-order chi connectivity index (χ0) is 11.4. The highest BCUT2D eigenvalue weighted by molar-refractivity contribution is 7.11. The van der Waals surface area contributed by atoms with Crippen molar-refractivity contribution in [2.24, 2.45) is 0 Å². The first-order chi connectivity index (χ1) is 7.81. The molecule has 0 bridgehead atoms. The molecule has 0 aromatic carbocycles. The third-order valence-corrected chi connectivity index (χ3v) is 4.56. The number of hydrogen-bond donors (Lipinski definition) is 1. The van der Waals surface area contributed by atoms with Gasteiger partial charge in [-0.3, -0.25) is 0 Å². The standard InChI is InChI=1S/C12H21N3S/c1-3-13-9(2)11-14-15-12(16-11)10-7-5-4-6-8-10/h9-10,13H,3-8H2,1-2H3. The van der Waals surface area contributed by atoms with E-state index in [0.717, 1.165) is 11.6 Å². The van der Waals surface area contributed by atoms with Crippen LogP contribution in [0.2, 0.25) is 0 Å². The quantitative estimate of drug-likeness (QED) is 0.876. The van der Waals surface area contributed by atoms with E-state index in [1.54, 1.807) is 11.3 Å². The van der Waals surface area contributed by atoms with Crippen LogP contribution >= 0.6 is 11.3 Å². The van der Waals surface area contributed by atoms with Crippen LogP contribution in [-0.4, -0.2) is 16.7 Å². The minimum Gasteiger partial charge on any atom is -0.308 e. The highest BCUT2D eigenvalue weighted by Crippen LogP contribution is 2.34. The Kier molecular flexibility index (Phi) is 4.29. The Hall–Kier alpha value is -0.480. The van der Waals surface area contributed by atoms with Crippen LogP contribution in [0.1, 0.15) is 67.9 Å². The molecule has 1 N–H and O–H groups in total.